The summed E-state index contributed by atoms with van der Waals surface area (Å²) in [4.78, 5) is 2.29. The molecule has 0 amide bonds. The van der Waals surface area contributed by atoms with Crippen LogP contribution in [0.4, 0.5) is 0 Å². The first-order chi connectivity index (χ1) is 8.13. The van der Waals surface area contributed by atoms with Crippen LogP contribution in [0.25, 0.3) is 0 Å². The van der Waals surface area contributed by atoms with Crippen LogP contribution < -0.4 is 0 Å². The summed E-state index contributed by atoms with van der Waals surface area (Å²) in [6.07, 6.45) is 14.4. The van der Waals surface area contributed by atoms with Gasteiger partial charge in [0.2, 0.25) is 0 Å². The highest BCUT2D eigenvalue weighted by molar-refractivity contribution is 4.50. The third-order valence-corrected chi connectivity index (χ3v) is 3.39. The van der Waals surface area contributed by atoms with Crippen molar-refractivity contribution in [2.24, 2.45) is 5.92 Å². The summed E-state index contributed by atoms with van der Waals surface area (Å²) >= 11 is 0. The minimum Gasteiger partial charge on any atom is -0.309 e. The summed E-state index contributed by atoms with van der Waals surface area (Å²) in [7, 11) is 4.33. The maximum Gasteiger partial charge on any atom is -0.00248 e. The van der Waals surface area contributed by atoms with Crippen LogP contribution in [0.3, 0.4) is 0 Å². The fraction of sp³-hybridized carbons (Fsp3) is 1.00. The molecular weight excluding hydrogens is 206 g/mol. The zero-order valence-corrected chi connectivity index (χ0v) is 12.8. The highest BCUT2D eigenvalue weighted by Crippen LogP contribution is 2.12. The van der Waals surface area contributed by atoms with Gasteiger partial charge in [0.1, 0.15) is 0 Å². The second-order valence-corrected chi connectivity index (χ2v) is 6.17. The lowest BCUT2D eigenvalue weighted by atomic mass is 10.0. The van der Waals surface area contributed by atoms with E-state index in [0.29, 0.717) is 0 Å². The Hall–Kier alpha value is -0.0400. The molecule has 0 bridgehead atoms. The Labute approximate surface area is 110 Å². The Bertz CT molecular complexity index is 124. The summed E-state index contributed by atoms with van der Waals surface area (Å²) in [5.74, 6) is 0.895. The smallest absolute Gasteiger partial charge is 0.00248 e. The summed E-state index contributed by atoms with van der Waals surface area (Å²) in [5, 5.41) is 0. The Balaban J connectivity index is 2.94. The van der Waals surface area contributed by atoms with Gasteiger partial charge in [0.25, 0.3) is 0 Å². The van der Waals surface area contributed by atoms with Crippen molar-refractivity contribution < 1.29 is 0 Å². The van der Waals surface area contributed by atoms with Crippen LogP contribution >= 0.6 is 0 Å². The van der Waals surface area contributed by atoms with Crippen LogP contribution in [0.2, 0.25) is 0 Å². The average molecular weight is 241 g/mol. The number of hydrogen-bond acceptors (Lipinski definition) is 1. The van der Waals surface area contributed by atoms with E-state index in [2.05, 4.69) is 32.8 Å². The van der Waals surface area contributed by atoms with Crippen molar-refractivity contribution in [2.45, 2.75) is 78.1 Å². The van der Waals surface area contributed by atoms with Gasteiger partial charge in [-0.25, -0.2) is 0 Å². The Morgan fingerprint density at radius 3 is 1.47 bits per heavy atom. The third kappa shape index (κ3) is 16.0. The van der Waals surface area contributed by atoms with Gasteiger partial charge in [-0.2, -0.15) is 0 Å². The number of unbranched alkanes of at least 4 members (excludes halogenated alkanes) is 8. The van der Waals surface area contributed by atoms with Gasteiger partial charge in [-0.1, -0.05) is 71.6 Å². The molecule has 0 aromatic carbocycles. The van der Waals surface area contributed by atoms with E-state index in [9.17, 15) is 0 Å². The molecule has 17 heavy (non-hydrogen) atoms. The quantitative estimate of drug-likeness (QED) is 0.429. The summed E-state index contributed by atoms with van der Waals surface area (Å²) in [6.45, 7) is 5.91. The van der Waals surface area contributed by atoms with E-state index in [1.165, 1.54) is 70.8 Å². The van der Waals surface area contributed by atoms with Crippen molar-refractivity contribution in [1.29, 1.82) is 0 Å². The maximum absolute atomic E-state index is 2.33. The van der Waals surface area contributed by atoms with Crippen LogP contribution in [0.1, 0.15) is 78.1 Å². The van der Waals surface area contributed by atoms with E-state index in [-0.39, 0.29) is 0 Å². The zero-order chi connectivity index (χ0) is 12.9. The molecule has 1 nitrogen and oxygen atoms in total. The minimum absolute atomic E-state index is 0.895. The van der Waals surface area contributed by atoms with Crippen molar-refractivity contribution in [3.8, 4) is 0 Å². The molecule has 0 atom stereocenters. The molecule has 0 aromatic rings. The molecule has 1 heteroatoms. The van der Waals surface area contributed by atoms with E-state index in [0.717, 1.165) is 5.92 Å². The first-order valence-electron chi connectivity index (χ1n) is 7.77. The highest BCUT2D eigenvalue weighted by Gasteiger charge is 1.95. The lowest BCUT2D eigenvalue weighted by Crippen LogP contribution is -2.12. The van der Waals surface area contributed by atoms with Gasteiger partial charge in [0.05, 0.1) is 0 Å². The van der Waals surface area contributed by atoms with E-state index >= 15 is 0 Å². The van der Waals surface area contributed by atoms with Gasteiger partial charge in [-0.15, -0.1) is 0 Å². The molecule has 0 fully saturated rings. The van der Waals surface area contributed by atoms with Crippen molar-refractivity contribution in [1.82, 2.24) is 4.90 Å². The lowest BCUT2D eigenvalue weighted by molar-refractivity contribution is 0.389. The van der Waals surface area contributed by atoms with Gasteiger partial charge in [-0.3, -0.25) is 0 Å². The largest absolute Gasteiger partial charge is 0.309 e. The van der Waals surface area contributed by atoms with Crippen LogP contribution in [0, 0.1) is 5.92 Å². The summed E-state index contributed by atoms with van der Waals surface area (Å²) in [5.41, 5.74) is 0. The molecule has 0 saturated carbocycles. The molecular formula is C16H35N. The number of rotatable bonds is 12. The fourth-order valence-corrected chi connectivity index (χ4v) is 2.22. The van der Waals surface area contributed by atoms with Crippen LogP contribution in [-0.4, -0.2) is 25.5 Å². The molecule has 0 aliphatic rings. The molecule has 0 spiro atoms. The molecule has 0 rings (SSSR count). The molecule has 0 N–H and O–H groups in total. The molecule has 104 valence electrons. The van der Waals surface area contributed by atoms with Crippen LogP contribution in [-0.2, 0) is 0 Å². The first-order valence-corrected chi connectivity index (χ1v) is 7.77. The van der Waals surface area contributed by atoms with E-state index in [4.69, 9.17) is 0 Å². The summed E-state index contributed by atoms with van der Waals surface area (Å²) < 4.78 is 0. The summed E-state index contributed by atoms with van der Waals surface area (Å²) in [6, 6.07) is 0. The van der Waals surface area contributed by atoms with E-state index in [1.54, 1.807) is 0 Å². The Morgan fingerprint density at radius 2 is 1.06 bits per heavy atom. The van der Waals surface area contributed by atoms with Gasteiger partial charge in [-0.05, 0) is 33.0 Å². The molecule has 0 heterocycles. The minimum atomic E-state index is 0.895. The normalized spacial score (nSPS) is 11.6. The van der Waals surface area contributed by atoms with Gasteiger partial charge >= 0.3 is 0 Å². The average Bonchev–Trinajstić information content (AvgIpc) is 2.25. The Morgan fingerprint density at radius 1 is 0.647 bits per heavy atom. The van der Waals surface area contributed by atoms with Crippen LogP contribution in [0.5, 0.6) is 0 Å². The molecule has 0 saturated heterocycles. The predicted molar refractivity (Wildman–Crippen MR) is 79.6 cm³/mol. The van der Waals surface area contributed by atoms with Crippen molar-refractivity contribution in [2.75, 3.05) is 20.6 Å². The first kappa shape index (κ1) is 17.0. The van der Waals surface area contributed by atoms with Crippen molar-refractivity contribution >= 4 is 0 Å². The SMILES string of the molecule is CC(C)CCCCCCCCCCCN(C)C. The van der Waals surface area contributed by atoms with E-state index < -0.39 is 0 Å². The number of nitrogens with zero attached hydrogens (tertiary/aromatic N) is 1. The third-order valence-electron chi connectivity index (χ3n) is 3.39. The second-order valence-electron chi connectivity index (χ2n) is 6.17. The van der Waals surface area contributed by atoms with Crippen molar-refractivity contribution in [3.05, 3.63) is 0 Å². The van der Waals surface area contributed by atoms with Gasteiger partial charge in [0.15, 0.2) is 0 Å². The standard InChI is InChI=1S/C16H35N/c1-16(2)14-12-10-8-6-5-7-9-11-13-15-17(3)4/h16H,5-15H2,1-4H3. The molecule has 0 aliphatic heterocycles. The molecule has 0 aromatic heterocycles. The topological polar surface area (TPSA) is 3.24 Å². The molecule has 0 aliphatic carbocycles. The highest BCUT2D eigenvalue weighted by atomic mass is 15.0. The monoisotopic (exact) mass is 241 g/mol. The second kappa shape index (κ2) is 12.4. The van der Waals surface area contributed by atoms with Gasteiger partial charge < -0.3 is 4.90 Å². The predicted octanol–water partition coefficient (Wildman–Crippen LogP) is 5.11. The maximum atomic E-state index is 2.33. The molecule has 0 radical (unpaired) electrons. The zero-order valence-electron chi connectivity index (χ0n) is 12.8. The van der Waals surface area contributed by atoms with Crippen molar-refractivity contribution in [3.63, 3.8) is 0 Å². The van der Waals surface area contributed by atoms with Gasteiger partial charge in [0, 0.05) is 0 Å². The lowest BCUT2D eigenvalue weighted by Gasteiger charge is -2.08. The number of hydrogen-bond donors (Lipinski definition) is 0. The Kier molecular flexibility index (Phi) is 12.4. The van der Waals surface area contributed by atoms with E-state index in [1.807, 2.05) is 0 Å². The fourth-order valence-electron chi connectivity index (χ4n) is 2.22. The van der Waals surface area contributed by atoms with Crippen LogP contribution in [0.15, 0.2) is 0 Å². The molecule has 0 unspecified atom stereocenters.